The molecule has 0 radical (unpaired) electrons. The SMILES string of the molecule is O=C(Nc1ccc(Cl)cc1)c1ccc(C=c2[nH]c(=O)c(=CCc3ccccc3)[nH]c2=O)nc1. The molecule has 2 heterocycles. The number of rotatable bonds is 5. The molecule has 0 atom stereocenters. The molecule has 0 saturated carbocycles. The second-order valence-corrected chi connectivity index (χ2v) is 7.64. The van der Waals surface area contributed by atoms with E-state index in [9.17, 15) is 14.4 Å². The van der Waals surface area contributed by atoms with Crippen LogP contribution in [0.5, 0.6) is 0 Å². The summed E-state index contributed by atoms with van der Waals surface area (Å²) in [5.74, 6) is -0.332. The van der Waals surface area contributed by atoms with Gasteiger partial charge in [0.25, 0.3) is 17.0 Å². The summed E-state index contributed by atoms with van der Waals surface area (Å²) in [5.41, 5.74) is 1.54. The molecule has 0 bridgehead atoms. The molecule has 4 rings (SSSR count). The highest BCUT2D eigenvalue weighted by molar-refractivity contribution is 6.30. The maximum atomic E-state index is 12.4. The van der Waals surface area contributed by atoms with Crippen LogP contribution in [0, 0.1) is 0 Å². The zero-order valence-corrected chi connectivity index (χ0v) is 18.1. The molecule has 33 heavy (non-hydrogen) atoms. The number of hydrogen-bond donors (Lipinski definition) is 3. The Morgan fingerprint density at radius 2 is 1.61 bits per heavy atom. The Morgan fingerprint density at radius 1 is 0.909 bits per heavy atom. The number of anilines is 1. The maximum Gasteiger partial charge on any atom is 0.272 e. The van der Waals surface area contributed by atoms with E-state index in [0.29, 0.717) is 28.4 Å². The average molecular weight is 459 g/mol. The predicted molar refractivity (Wildman–Crippen MR) is 129 cm³/mol. The number of carbonyl (C=O) groups is 1. The van der Waals surface area contributed by atoms with Crippen molar-refractivity contribution < 1.29 is 4.79 Å². The first kappa shape index (κ1) is 22.0. The Bertz CT molecular complexity index is 1510. The van der Waals surface area contributed by atoms with Crippen molar-refractivity contribution in [2.45, 2.75) is 6.42 Å². The lowest BCUT2D eigenvalue weighted by molar-refractivity contribution is 0.102. The summed E-state index contributed by atoms with van der Waals surface area (Å²) in [6.07, 6.45) is 5.03. The summed E-state index contributed by atoms with van der Waals surface area (Å²) in [5, 5.41) is 3.59. The van der Waals surface area contributed by atoms with Gasteiger partial charge < -0.3 is 15.3 Å². The molecule has 8 heteroatoms. The van der Waals surface area contributed by atoms with Crippen LogP contribution in [-0.4, -0.2) is 20.9 Å². The van der Waals surface area contributed by atoms with E-state index in [4.69, 9.17) is 11.6 Å². The van der Waals surface area contributed by atoms with Gasteiger partial charge >= 0.3 is 0 Å². The summed E-state index contributed by atoms with van der Waals surface area (Å²) >= 11 is 5.85. The Balaban J connectivity index is 1.53. The molecule has 2 aromatic carbocycles. The highest BCUT2D eigenvalue weighted by atomic mass is 35.5. The maximum absolute atomic E-state index is 12.4. The predicted octanol–water partition coefficient (Wildman–Crippen LogP) is 2.22. The summed E-state index contributed by atoms with van der Waals surface area (Å²) in [6.45, 7) is 0. The Labute approximate surface area is 193 Å². The van der Waals surface area contributed by atoms with Crippen LogP contribution >= 0.6 is 11.6 Å². The van der Waals surface area contributed by atoms with E-state index < -0.39 is 11.1 Å². The zero-order chi connectivity index (χ0) is 23.2. The van der Waals surface area contributed by atoms with Gasteiger partial charge in [-0.25, -0.2) is 0 Å². The minimum atomic E-state index is -0.444. The van der Waals surface area contributed by atoms with E-state index in [2.05, 4.69) is 20.3 Å². The summed E-state index contributed by atoms with van der Waals surface area (Å²) in [7, 11) is 0. The molecule has 0 unspecified atom stereocenters. The number of H-pyrrole nitrogens is 2. The lowest BCUT2D eigenvalue weighted by Crippen LogP contribution is -2.46. The third kappa shape index (κ3) is 5.72. The van der Waals surface area contributed by atoms with E-state index in [0.717, 1.165) is 5.56 Å². The number of nitrogens with zero attached hydrogens (tertiary/aromatic N) is 1. The molecule has 0 saturated heterocycles. The molecule has 3 N–H and O–H groups in total. The molecule has 0 aliphatic heterocycles. The zero-order valence-electron chi connectivity index (χ0n) is 17.3. The van der Waals surface area contributed by atoms with Crippen LogP contribution in [-0.2, 0) is 6.42 Å². The second kappa shape index (κ2) is 9.93. The van der Waals surface area contributed by atoms with Crippen LogP contribution in [0.15, 0.2) is 82.5 Å². The summed E-state index contributed by atoms with van der Waals surface area (Å²) < 4.78 is 0. The fourth-order valence-electron chi connectivity index (χ4n) is 3.08. The molecule has 0 aliphatic rings. The fourth-order valence-corrected chi connectivity index (χ4v) is 3.21. The molecule has 4 aromatic rings. The largest absolute Gasteiger partial charge is 0.322 e. The Hall–Kier alpha value is -4.23. The normalized spacial score (nSPS) is 12.0. The van der Waals surface area contributed by atoms with Gasteiger partial charge in [0.2, 0.25) is 0 Å². The molecule has 2 aromatic heterocycles. The van der Waals surface area contributed by atoms with Gasteiger partial charge in [-0.1, -0.05) is 48.0 Å². The topological polar surface area (TPSA) is 108 Å². The quantitative estimate of drug-likeness (QED) is 0.426. The number of nitrogens with one attached hydrogen (secondary N) is 3. The molecule has 1 amide bonds. The van der Waals surface area contributed by atoms with E-state index in [1.54, 1.807) is 42.5 Å². The van der Waals surface area contributed by atoms with Crippen LogP contribution in [0.4, 0.5) is 5.69 Å². The standard InChI is InChI=1S/C25H19ClN4O3/c26-18-8-11-19(12-9-18)28-23(31)17-7-10-20(27-15-17)14-22-25(33)29-21(24(32)30-22)13-6-16-4-2-1-3-5-16/h1-5,7-15H,6H2,(H,28,31)(H,29,33)(H,30,32). The number of aromatic nitrogens is 3. The second-order valence-electron chi connectivity index (χ2n) is 7.21. The van der Waals surface area contributed by atoms with Gasteiger partial charge in [0.15, 0.2) is 0 Å². The van der Waals surface area contributed by atoms with Crippen LogP contribution in [0.25, 0.3) is 12.2 Å². The number of hydrogen-bond acceptors (Lipinski definition) is 4. The number of pyridine rings is 1. The number of aromatic amines is 2. The molecule has 164 valence electrons. The third-order valence-corrected chi connectivity index (χ3v) is 5.07. The van der Waals surface area contributed by atoms with Crippen molar-refractivity contribution in [2.24, 2.45) is 0 Å². The lowest BCUT2D eigenvalue weighted by Gasteiger charge is -2.05. The van der Waals surface area contributed by atoms with Gasteiger partial charge in [-0.05, 0) is 54.5 Å². The molecule has 7 nitrogen and oxygen atoms in total. The Morgan fingerprint density at radius 3 is 2.30 bits per heavy atom. The third-order valence-electron chi connectivity index (χ3n) is 4.81. The van der Waals surface area contributed by atoms with Gasteiger partial charge in [-0.2, -0.15) is 0 Å². The van der Waals surface area contributed by atoms with Gasteiger partial charge in [0, 0.05) is 16.9 Å². The lowest BCUT2D eigenvalue weighted by atomic mass is 10.1. The molecule has 0 fully saturated rings. The van der Waals surface area contributed by atoms with Gasteiger partial charge in [0.05, 0.1) is 11.3 Å². The summed E-state index contributed by atoms with van der Waals surface area (Å²) in [4.78, 5) is 46.6. The van der Waals surface area contributed by atoms with E-state index >= 15 is 0 Å². The highest BCUT2D eigenvalue weighted by Gasteiger charge is 2.07. The van der Waals surface area contributed by atoms with Crippen molar-refractivity contribution in [3.63, 3.8) is 0 Å². The van der Waals surface area contributed by atoms with Crippen molar-refractivity contribution in [3.8, 4) is 0 Å². The van der Waals surface area contributed by atoms with Crippen molar-refractivity contribution in [2.75, 3.05) is 5.32 Å². The van der Waals surface area contributed by atoms with Gasteiger partial charge in [-0.15, -0.1) is 0 Å². The molecular weight excluding hydrogens is 440 g/mol. The molecule has 0 aliphatic carbocycles. The van der Waals surface area contributed by atoms with E-state index in [-0.39, 0.29) is 16.6 Å². The summed E-state index contributed by atoms with van der Waals surface area (Å²) in [6, 6.07) is 19.5. The van der Waals surface area contributed by atoms with Crippen molar-refractivity contribution in [3.05, 3.63) is 126 Å². The number of halogens is 1. The average Bonchev–Trinajstić information content (AvgIpc) is 2.83. The first-order valence-corrected chi connectivity index (χ1v) is 10.5. The van der Waals surface area contributed by atoms with Gasteiger partial charge in [0.1, 0.15) is 10.7 Å². The number of benzene rings is 2. The smallest absolute Gasteiger partial charge is 0.272 e. The van der Waals surface area contributed by atoms with Gasteiger partial charge in [-0.3, -0.25) is 19.4 Å². The van der Waals surface area contributed by atoms with Crippen LogP contribution in [0.1, 0.15) is 21.6 Å². The first-order valence-electron chi connectivity index (χ1n) is 10.1. The number of carbonyl (C=O) groups excluding carboxylic acids is 1. The minimum Gasteiger partial charge on any atom is -0.322 e. The van der Waals surface area contributed by atoms with Crippen LogP contribution in [0.2, 0.25) is 5.02 Å². The van der Waals surface area contributed by atoms with Crippen molar-refractivity contribution in [1.82, 2.24) is 15.0 Å². The van der Waals surface area contributed by atoms with Crippen LogP contribution in [0.3, 0.4) is 0 Å². The van der Waals surface area contributed by atoms with E-state index in [1.165, 1.54) is 12.3 Å². The number of amides is 1. The van der Waals surface area contributed by atoms with Crippen molar-refractivity contribution >= 4 is 35.3 Å². The van der Waals surface area contributed by atoms with Crippen molar-refractivity contribution in [1.29, 1.82) is 0 Å². The molecular formula is C25H19ClN4O3. The minimum absolute atomic E-state index is 0.0720. The Kier molecular flexibility index (Phi) is 6.61. The monoisotopic (exact) mass is 458 g/mol. The molecule has 0 spiro atoms. The first-order chi connectivity index (χ1) is 16.0. The fraction of sp³-hybridized carbons (Fsp3) is 0.0400. The highest BCUT2D eigenvalue weighted by Crippen LogP contribution is 2.14. The van der Waals surface area contributed by atoms with E-state index in [1.807, 2.05) is 30.3 Å². The van der Waals surface area contributed by atoms with Crippen LogP contribution < -0.4 is 27.1 Å².